The van der Waals surface area contributed by atoms with Gasteiger partial charge in [-0.2, -0.15) is 0 Å². The molecule has 1 aliphatic rings. The highest BCUT2D eigenvalue weighted by atomic mass is 35.5. The number of hydrogen-bond donors (Lipinski definition) is 1. The summed E-state index contributed by atoms with van der Waals surface area (Å²) in [7, 11) is -3.39. The van der Waals surface area contributed by atoms with Crippen LogP contribution in [0.5, 0.6) is 5.75 Å². The van der Waals surface area contributed by atoms with E-state index in [0.717, 1.165) is 41.6 Å². The molecule has 2 amide bonds. The Bertz CT molecular complexity index is 1990. The molecule has 4 aromatic carbocycles. The van der Waals surface area contributed by atoms with E-state index in [9.17, 15) is 32.5 Å². The van der Waals surface area contributed by atoms with Crippen LogP contribution in [0.3, 0.4) is 0 Å². The Morgan fingerprint density at radius 1 is 1.00 bits per heavy atom. The average Bonchev–Trinajstić information content (AvgIpc) is 3.62. The summed E-state index contributed by atoms with van der Waals surface area (Å²) >= 11 is 6.34. The second-order valence-corrected chi connectivity index (χ2v) is 14.7. The summed E-state index contributed by atoms with van der Waals surface area (Å²) in [4.78, 5) is 40.9. The lowest BCUT2D eigenvalue weighted by atomic mass is 10.0. The lowest BCUT2D eigenvalue weighted by Gasteiger charge is -2.34. The fourth-order valence-corrected chi connectivity index (χ4v) is 7.76. The summed E-state index contributed by atoms with van der Waals surface area (Å²) in [6.07, 6.45) is 3.59. The van der Waals surface area contributed by atoms with Gasteiger partial charge in [0.1, 0.15) is 24.2 Å². The van der Waals surface area contributed by atoms with Crippen molar-refractivity contribution in [2.45, 2.75) is 62.6 Å². The van der Waals surface area contributed by atoms with Crippen molar-refractivity contribution in [1.82, 2.24) is 10.2 Å². The number of nitro benzene ring substituents is 1. The molecule has 11 nitrogen and oxygen atoms in total. The van der Waals surface area contributed by atoms with Gasteiger partial charge in [-0.05, 0) is 67.3 Å². The molecule has 1 atom stereocenters. The number of rotatable bonds is 14. The Hall–Kier alpha value is -5.01. The molecule has 1 fully saturated rings. The SMILES string of the molecule is COc1ccc(Cl)cc1N(CC(=O)N(Cc1ccc(F)cc1)[C@H](Cc1ccccc1)C(=O)NC1CCCC1)S(=O)(=O)c1ccc(C)c([N+](=O)[O-])c1. The Balaban J connectivity index is 1.63. The first-order valence-corrected chi connectivity index (χ1v) is 18.2. The minimum atomic E-state index is -4.71. The van der Waals surface area contributed by atoms with Gasteiger partial charge in [0.15, 0.2) is 0 Å². The molecular formula is C37H38ClFN4O7S. The van der Waals surface area contributed by atoms with Crippen molar-refractivity contribution >= 4 is 44.8 Å². The van der Waals surface area contributed by atoms with Gasteiger partial charge in [-0.3, -0.25) is 24.0 Å². The van der Waals surface area contributed by atoms with Gasteiger partial charge in [-0.1, -0.05) is 73.0 Å². The van der Waals surface area contributed by atoms with Crippen molar-refractivity contribution in [3.8, 4) is 5.75 Å². The van der Waals surface area contributed by atoms with E-state index >= 15 is 0 Å². The van der Waals surface area contributed by atoms with Crippen molar-refractivity contribution < 1.29 is 32.1 Å². The lowest BCUT2D eigenvalue weighted by Crippen LogP contribution is -2.54. The molecule has 0 aromatic heterocycles. The number of sulfonamides is 1. The summed E-state index contributed by atoms with van der Waals surface area (Å²) in [6, 6.07) is 21.1. The van der Waals surface area contributed by atoms with Gasteiger partial charge in [-0.25, -0.2) is 12.8 Å². The van der Waals surface area contributed by atoms with E-state index in [2.05, 4.69) is 5.32 Å². The van der Waals surface area contributed by atoms with Crippen LogP contribution in [0.4, 0.5) is 15.8 Å². The Labute approximate surface area is 301 Å². The predicted molar refractivity (Wildman–Crippen MR) is 192 cm³/mol. The zero-order valence-corrected chi connectivity index (χ0v) is 29.7. The number of nitro groups is 1. The zero-order valence-electron chi connectivity index (χ0n) is 28.1. The first kappa shape index (κ1) is 37.3. The van der Waals surface area contributed by atoms with Crippen molar-refractivity contribution in [1.29, 1.82) is 0 Å². The largest absolute Gasteiger partial charge is 0.495 e. The van der Waals surface area contributed by atoms with Crippen molar-refractivity contribution in [2.24, 2.45) is 0 Å². The number of methoxy groups -OCH3 is 1. The number of hydrogen-bond acceptors (Lipinski definition) is 7. The van der Waals surface area contributed by atoms with E-state index in [0.29, 0.717) is 5.56 Å². The van der Waals surface area contributed by atoms with E-state index in [1.54, 1.807) is 0 Å². The summed E-state index contributed by atoms with van der Waals surface area (Å²) in [5, 5.41) is 15.0. The predicted octanol–water partition coefficient (Wildman–Crippen LogP) is 6.60. The number of carbonyl (C=O) groups is 2. The van der Waals surface area contributed by atoms with Gasteiger partial charge >= 0.3 is 0 Å². The Morgan fingerprint density at radius 3 is 2.33 bits per heavy atom. The highest BCUT2D eigenvalue weighted by Crippen LogP contribution is 2.36. The van der Waals surface area contributed by atoms with Crippen LogP contribution in [0.25, 0.3) is 0 Å². The Kier molecular flexibility index (Phi) is 11.9. The minimum Gasteiger partial charge on any atom is -0.495 e. The molecule has 1 N–H and O–H groups in total. The van der Waals surface area contributed by atoms with Gasteiger partial charge in [0, 0.05) is 35.7 Å². The number of anilines is 1. The lowest BCUT2D eigenvalue weighted by molar-refractivity contribution is -0.385. The highest BCUT2D eigenvalue weighted by Gasteiger charge is 2.37. The van der Waals surface area contributed by atoms with E-state index in [1.807, 2.05) is 30.3 Å². The topological polar surface area (TPSA) is 139 Å². The van der Waals surface area contributed by atoms with Crippen LogP contribution in [-0.2, 0) is 32.6 Å². The number of nitrogens with one attached hydrogen (secondary N) is 1. The monoisotopic (exact) mass is 736 g/mol. The third-order valence-corrected chi connectivity index (χ3v) is 10.9. The van der Waals surface area contributed by atoms with E-state index in [1.165, 1.54) is 73.5 Å². The number of nitrogens with zero attached hydrogens (tertiary/aromatic N) is 3. The average molecular weight is 737 g/mol. The van der Waals surface area contributed by atoms with Gasteiger partial charge in [-0.15, -0.1) is 0 Å². The first-order chi connectivity index (χ1) is 24.4. The number of amides is 2. The molecule has 0 heterocycles. The summed E-state index contributed by atoms with van der Waals surface area (Å²) < 4.78 is 49.2. The fraction of sp³-hybridized carbons (Fsp3) is 0.297. The Morgan fingerprint density at radius 2 is 1.69 bits per heavy atom. The first-order valence-electron chi connectivity index (χ1n) is 16.4. The normalized spacial score (nSPS) is 13.7. The minimum absolute atomic E-state index is 0.0577. The van der Waals surface area contributed by atoms with Gasteiger partial charge in [0.05, 0.1) is 22.6 Å². The fourth-order valence-electron chi connectivity index (χ4n) is 6.15. The number of carbonyl (C=O) groups excluding carboxylic acids is 2. The van der Waals surface area contributed by atoms with Gasteiger partial charge in [0.2, 0.25) is 11.8 Å². The van der Waals surface area contributed by atoms with E-state index in [4.69, 9.17) is 16.3 Å². The maximum absolute atomic E-state index is 14.7. The maximum Gasteiger partial charge on any atom is 0.273 e. The summed E-state index contributed by atoms with van der Waals surface area (Å²) in [5.41, 5.74) is 0.974. The molecule has 268 valence electrons. The molecule has 1 saturated carbocycles. The molecule has 0 spiro atoms. The summed E-state index contributed by atoms with van der Waals surface area (Å²) in [5.74, 6) is -1.62. The number of ether oxygens (including phenoxy) is 1. The van der Waals surface area contributed by atoms with Crippen LogP contribution in [0.1, 0.15) is 42.4 Å². The van der Waals surface area contributed by atoms with Crippen LogP contribution in [-0.4, -0.2) is 55.8 Å². The van der Waals surface area contributed by atoms with Gasteiger partial charge < -0.3 is 15.0 Å². The van der Waals surface area contributed by atoms with Crippen LogP contribution in [0.15, 0.2) is 95.9 Å². The molecule has 0 bridgehead atoms. The van der Waals surface area contributed by atoms with Crippen LogP contribution >= 0.6 is 11.6 Å². The molecule has 5 rings (SSSR count). The van der Waals surface area contributed by atoms with Gasteiger partial charge in [0.25, 0.3) is 15.7 Å². The molecule has 51 heavy (non-hydrogen) atoms. The molecule has 0 saturated heterocycles. The third-order valence-electron chi connectivity index (χ3n) is 8.89. The molecule has 0 aliphatic heterocycles. The van der Waals surface area contributed by atoms with Crippen LogP contribution in [0, 0.1) is 22.9 Å². The molecule has 4 aromatic rings. The third kappa shape index (κ3) is 9.02. The highest BCUT2D eigenvalue weighted by molar-refractivity contribution is 7.92. The quantitative estimate of drug-likeness (QED) is 0.114. The van der Waals surface area contributed by atoms with Crippen LogP contribution in [0.2, 0.25) is 5.02 Å². The van der Waals surface area contributed by atoms with E-state index in [-0.39, 0.29) is 41.0 Å². The zero-order chi connectivity index (χ0) is 36.7. The van der Waals surface area contributed by atoms with Crippen LogP contribution < -0.4 is 14.4 Å². The maximum atomic E-state index is 14.7. The molecule has 0 unspecified atom stereocenters. The number of benzene rings is 4. The van der Waals surface area contributed by atoms with E-state index < -0.39 is 55.7 Å². The molecule has 1 aliphatic carbocycles. The summed E-state index contributed by atoms with van der Waals surface area (Å²) in [6.45, 7) is 0.474. The molecule has 14 heteroatoms. The standard InChI is InChI=1S/C37H38ClFN4O7S/c1-25-12-18-31(22-32(25)43(46)47)51(48,49)42(33-21-28(38)15-19-35(33)50-2)24-36(44)41(23-27-13-16-29(39)17-14-27)34(20-26-8-4-3-5-9-26)37(45)40-30-10-6-7-11-30/h3-5,8-9,12-19,21-22,30,34H,6-7,10-11,20,23-24H2,1-2H3,(H,40,45)/t34-/m1/s1. The second-order valence-electron chi connectivity index (χ2n) is 12.4. The number of aryl methyl sites for hydroxylation is 1. The molecular weight excluding hydrogens is 699 g/mol. The molecule has 0 radical (unpaired) electrons. The van der Waals surface area contributed by atoms with Crippen molar-refractivity contribution in [3.05, 3.63) is 129 Å². The smallest absolute Gasteiger partial charge is 0.273 e. The second kappa shape index (κ2) is 16.3. The van der Waals surface area contributed by atoms with Crippen molar-refractivity contribution in [3.63, 3.8) is 0 Å². The number of halogens is 2. The van der Waals surface area contributed by atoms with Crippen molar-refractivity contribution in [2.75, 3.05) is 18.0 Å².